The Morgan fingerprint density at radius 3 is 2.58 bits per heavy atom. The van der Waals surface area contributed by atoms with Crippen LogP contribution in [0.25, 0.3) is 21.6 Å². The number of carbonyl (C=O) groups excluding carboxylic acids is 2. The van der Waals surface area contributed by atoms with Crippen LogP contribution < -0.4 is 5.32 Å². The zero-order valence-electron chi connectivity index (χ0n) is 17.4. The number of amides is 2. The molecule has 4 aromatic rings. The maximum atomic E-state index is 13.3. The van der Waals surface area contributed by atoms with Gasteiger partial charge in [0.2, 0.25) is 0 Å². The minimum atomic E-state index is -0.302. The van der Waals surface area contributed by atoms with Gasteiger partial charge in [0.1, 0.15) is 0 Å². The molecule has 9 heteroatoms. The molecule has 0 unspecified atom stereocenters. The first-order valence-electron chi connectivity index (χ1n) is 9.47. The van der Waals surface area contributed by atoms with Gasteiger partial charge in [-0.15, -0.1) is 11.3 Å². The van der Waals surface area contributed by atoms with Gasteiger partial charge in [-0.2, -0.15) is 5.10 Å². The quantitative estimate of drug-likeness (QED) is 0.489. The van der Waals surface area contributed by atoms with Gasteiger partial charge in [-0.25, -0.2) is 4.98 Å². The number of aromatic nitrogens is 3. The lowest BCUT2D eigenvalue weighted by Gasteiger charge is -2.13. The molecule has 1 N–H and O–H groups in total. The summed E-state index contributed by atoms with van der Waals surface area (Å²) in [5, 5.41) is 10.3. The number of aryl methyl sites for hydroxylation is 2. The van der Waals surface area contributed by atoms with Crippen LogP contribution in [0, 0.1) is 6.92 Å². The van der Waals surface area contributed by atoms with Crippen molar-refractivity contribution < 1.29 is 9.59 Å². The van der Waals surface area contributed by atoms with E-state index in [1.807, 2.05) is 31.5 Å². The van der Waals surface area contributed by atoms with Gasteiger partial charge in [-0.1, -0.05) is 17.7 Å². The predicted octanol–water partition coefficient (Wildman–Crippen LogP) is 4.61. The van der Waals surface area contributed by atoms with E-state index in [1.165, 1.54) is 4.90 Å². The Hall–Kier alpha value is -3.23. The van der Waals surface area contributed by atoms with Crippen molar-refractivity contribution in [2.45, 2.75) is 6.92 Å². The number of anilines is 1. The van der Waals surface area contributed by atoms with Gasteiger partial charge in [-0.3, -0.25) is 14.3 Å². The summed E-state index contributed by atoms with van der Waals surface area (Å²) in [6, 6.07) is 10.5. The molecular formula is C22H20ClN5O2S. The fourth-order valence-electron chi connectivity index (χ4n) is 3.38. The molecule has 158 valence electrons. The Morgan fingerprint density at radius 1 is 1.16 bits per heavy atom. The van der Waals surface area contributed by atoms with E-state index in [0.717, 1.165) is 10.6 Å². The standard InChI is InChI=1S/C22H20ClN5O2S/c1-12-19-15(11-17(18-6-5-9-31-18)25-20(19)28(4)26-12)21(29)24-13-7-8-14(16(23)10-13)22(30)27(2)3/h5-11H,1-4H3,(H,24,29). The maximum absolute atomic E-state index is 13.3. The fraction of sp³-hybridized carbons (Fsp3) is 0.182. The molecular weight excluding hydrogens is 434 g/mol. The topological polar surface area (TPSA) is 80.1 Å². The summed E-state index contributed by atoms with van der Waals surface area (Å²) in [5.41, 5.74) is 3.41. The van der Waals surface area contributed by atoms with Crippen LogP contribution in [0.1, 0.15) is 26.4 Å². The average molecular weight is 454 g/mol. The number of benzene rings is 1. The third-order valence-corrected chi connectivity index (χ3v) is 6.06. The monoisotopic (exact) mass is 453 g/mol. The molecule has 4 rings (SSSR count). The van der Waals surface area contributed by atoms with Crippen molar-refractivity contribution >= 4 is 51.5 Å². The Kier molecular flexibility index (Phi) is 5.51. The van der Waals surface area contributed by atoms with E-state index < -0.39 is 0 Å². The zero-order valence-corrected chi connectivity index (χ0v) is 19.0. The number of hydrogen-bond acceptors (Lipinski definition) is 5. The number of rotatable bonds is 4. The van der Waals surface area contributed by atoms with Crippen molar-refractivity contribution in [3.63, 3.8) is 0 Å². The summed E-state index contributed by atoms with van der Waals surface area (Å²) < 4.78 is 1.68. The van der Waals surface area contributed by atoms with E-state index in [1.54, 1.807) is 54.4 Å². The third-order valence-electron chi connectivity index (χ3n) is 4.85. The molecule has 7 nitrogen and oxygen atoms in total. The first kappa shape index (κ1) is 21.0. The molecule has 3 heterocycles. The van der Waals surface area contributed by atoms with E-state index in [-0.39, 0.29) is 16.8 Å². The van der Waals surface area contributed by atoms with Crippen molar-refractivity contribution in [1.29, 1.82) is 0 Å². The van der Waals surface area contributed by atoms with E-state index >= 15 is 0 Å². The zero-order chi connectivity index (χ0) is 22.3. The van der Waals surface area contributed by atoms with E-state index in [9.17, 15) is 9.59 Å². The van der Waals surface area contributed by atoms with Gasteiger partial charge >= 0.3 is 0 Å². The number of fused-ring (bicyclic) bond motifs is 1. The lowest BCUT2D eigenvalue weighted by atomic mass is 10.1. The Balaban J connectivity index is 1.74. The number of carbonyl (C=O) groups is 2. The van der Waals surface area contributed by atoms with Crippen LogP contribution in [0.3, 0.4) is 0 Å². The van der Waals surface area contributed by atoms with Crippen molar-refractivity contribution in [2.24, 2.45) is 7.05 Å². The lowest BCUT2D eigenvalue weighted by molar-refractivity contribution is 0.0827. The smallest absolute Gasteiger partial charge is 0.256 e. The number of halogens is 1. The summed E-state index contributed by atoms with van der Waals surface area (Å²) >= 11 is 7.85. The van der Waals surface area contributed by atoms with Crippen LogP contribution in [-0.4, -0.2) is 45.6 Å². The number of nitrogens with one attached hydrogen (secondary N) is 1. The molecule has 0 aliphatic heterocycles. The molecule has 3 aromatic heterocycles. The van der Waals surface area contributed by atoms with Crippen LogP contribution in [-0.2, 0) is 7.05 Å². The lowest BCUT2D eigenvalue weighted by Crippen LogP contribution is -2.22. The number of hydrogen-bond donors (Lipinski definition) is 1. The summed E-state index contributed by atoms with van der Waals surface area (Å²) in [5.74, 6) is -0.505. The van der Waals surface area contributed by atoms with Crippen molar-refractivity contribution in [3.8, 4) is 10.6 Å². The maximum Gasteiger partial charge on any atom is 0.256 e. The fourth-order valence-corrected chi connectivity index (χ4v) is 4.33. The van der Waals surface area contributed by atoms with Crippen LogP contribution in [0.2, 0.25) is 5.02 Å². The Bertz CT molecular complexity index is 1310. The first-order chi connectivity index (χ1) is 14.8. The van der Waals surface area contributed by atoms with E-state index in [4.69, 9.17) is 16.6 Å². The molecule has 0 bridgehead atoms. The minimum Gasteiger partial charge on any atom is -0.345 e. The van der Waals surface area contributed by atoms with Crippen LogP contribution in [0.4, 0.5) is 5.69 Å². The van der Waals surface area contributed by atoms with Gasteiger partial charge < -0.3 is 10.2 Å². The molecule has 0 aliphatic carbocycles. The molecule has 2 amide bonds. The summed E-state index contributed by atoms with van der Waals surface area (Å²) in [4.78, 5) is 32.6. The molecule has 0 radical (unpaired) electrons. The molecule has 0 saturated heterocycles. The highest BCUT2D eigenvalue weighted by atomic mass is 35.5. The molecule has 0 saturated carbocycles. The Labute approximate surface area is 188 Å². The Morgan fingerprint density at radius 2 is 1.94 bits per heavy atom. The molecule has 0 atom stereocenters. The first-order valence-corrected chi connectivity index (χ1v) is 10.7. The molecule has 31 heavy (non-hydrogen) atoms. The van der Waals surface area contributed by atoms with E-state index in [2.05, 4.69) is 10.4 Å². The highest BCUT2D eigenvalue weighted by Crippen LogP contribution is 2.30. The molecule has 0 fully saturated rings. The molecule has 0 aliphatic rings. The van der Waals surface area contributed by atoms with Crippen molar-refractivity contribution in [3.05, 3.63) is 63.6 Å². The van der Waals surface area contributed by atoms with Crippen molar-refractivity contribution in [2.75, 3.05) is 19.4 Å². The van der Waals surface area contributed by atoms with Gasteiger partial charge in [0, 0.05) is 26.8 Å². The SMILES string of the molecule is Cc1nn(C)c2nc(-c3cccs3)cc(C(=O)Nc3ccc(C(=O)N(C)C)c(Cl)c3)c12. The molecule has 0 spiro atoms. The second-order valence-electron chi connectivity index (χ2n) is 7.29. The van der Waals surface area contributed by atoms with Crippen molar-refractivity contribution in [1.82, 2.24) is 19.7 Å². The largest absolute Gasteiger partial charge is 0.345 e. The van der Waals surface area contributed by atoms with E-state index in [0.29, 0.717) is 33.5 Å². The summed E-state index contributed by atoms with van der Waals surface area (Å²) in [7, 11) is 5.12. The van der Waals surface area contributed by atoms with Gasteiger partial charge in [0.05, 0.1) is 37.8 Å². The second-order valence-corrected chi connectivity index (χ2v) is 8.64. The number of pyridine rings is 1. The second kappa shape index (κ2) is 8.13. The van der Waals surface area contributed by atoms with Crippen LogP contribution in [0.5, 0.6) is 0 Å². The van der Waals surface area contributed by atoms with Gasteiger partial charge in [-0.05, 0) is 42.6 Å². The summed E-state index contributed by atoms with van der Waals surface area (Å²) in [6.07, 6.45) is 0. The summed E-state index contributed by atoms with van der Waals surface area (Å²) in [6.45, 7) is 1.85. The van der Waals surface area contributed by atoms with Crippen LogP contribution >= 0.6 is 22.9 Å². The number of nitrogens with zero attached hydrogens (tertiary/aromatic N) is 4. The number of thiophene rings is 1. The highest BCUT2D eigenvalue weighted by molar-refractivity contribution is 7.13. The highest BCUT2D eigenvalue weighted by Gasteiger charge is 2.20. The third kappa shape index (κ3) is 3.92. The minimum absolute atomic E-state index is 0.203. The average Bonchev–Trinajstić information content (AvgIpc) is 3.35. The van der Waals surface area contributed by atoms with Gasteiger partial charge in [0.25, 0.3) is 11.8 Å². The molecule has 1 aromatic carbocycles. The predicted molar refractivity (Wildman–Crippen MR) is 124 cm³/mol. The van der Waals surface area contributed by atoms with Gasteiger partial charge in [0.15, 0.2) is 5.65 Å². The van der Waals surface area contributed by atoms with Crippen LogP contribution in [0.15, 0.2) is 41.8 Å². The normalized spacial score (nSPS) is 11.0.